The summed E-state index contributed by atoms with van der Waals surface area (Å²) >= 11 is 0. The minimum Gasteiger partial charge on any atom is -0.452 e. The molecule has 29 heavy (non-hydrogen) atoms. The highest BCUT2D eigenvalue weighted by Crippen LogP contribution is 2.27. The lowest BCUT2D eigenvalue weighted by Crippen LogP contribution is -2.23. The summed E-state index contributed by atoms with van der Waals surface area (Å²) in [7, 11) is -0.726. The molecular weight excluding hydrogens is 392 g/mol. The van der Waals surface area contributed by atoms with E-state index < -0.39 is 28.5 Å². The normalized spacial score (nSPS) is 11.6. The van der Waals surface area contributed by atoms with Crippen molar-refractivity contribution >= 4 is 27.6 Å². The van der Waals surface area contributed by atoms with Crippen molar-refractivity contribution in [3.05, 3.63) is 59.2 Å². The van der Waals surface area contributed by atoms with E-state index in [9.17, 15) is 18.0 Å². The van der Waals surface area contributed by atoms with Crippen molar-refractivity contribution in [3.8, 4) is 0 Å². The van der Waals surface area contributed by atoms with Gasteiger partial charge in [0, 0.05) is 19.8 Å². The Bertz CT molecular complexity index is 996. The molecule has 1 N–H and O–H groups in total. The summed E-state index contributed by atoms with van der Waals surface area (Å²) in [6, 6.07) is 11.1. The Hall–Kier alpha value is -2.71. The highest BCUT2D eigenvalue weighted by Gasteiger charge is 2.18. The molecule has 2 aromatic carbocycles. The number of hydrogen-bond acceptors (Lipinski definition) is 5. The number of hydrogen-bond donors (Lipinski definition) is 1. The predicted octanol–water partition coefficient (Wildman–Crippen LogP) is 3.16. The van der Waals surface area contributed by atoms with Crippen molar-refractivity contribution in [2.45, 2.75) is 31.6 Å². The molecule has 0 atom stereocenters. The number of rotatable bonds is 7. The van der Waals surface area contributed by atoms with Crippen molar-refractivity contribution in [2.75, 3.05) is 26.0 Å². The van der Waals surface area contributed by atoms with Crippen LogP contribution in [-0.4, -0.2) is 45.3 Å². The molecule has 7 nitrogen and oxygen atoms in total. The van der Waals surface area contributed by atoms with Gasteiger partial charge in [0.05, 0.1) is 10.5 Å². The molecule has 0 aliphatic heterocycles. The van der Waals surface area contributed by atoms with E-state index in [-0.39, 0.29) is 16.4 Å². The van der Waals surface area contributed by atoms with Crippen LogP contribution in [0.2, 0.25) is 0 Å². The second-order valence-corrected chi connectivity index (χ2v) is 9.28. The number of para-hydroxylation sites is 1. The van der Waals surface area contributed by atoms with Gasteiger partial charge in [-0.25, -0.2) is 17.5 Å². The zero-order chi connectivity index (χ0) is 21.8. The first-order valence-electron chi connectivity index (χ1n) is 9.13. The van der Waals surface area contributed by atoms with Crippen molar-refractivity contribution in [2.24, 2.45) is 0 Å². The first-order chi connectivity index (χ1) is 13.5. The fourth-order valence-electron chi connectivity index (χ4n) is 2.71. The number of benzene rings is 2. The van der Waals surface area contributed by atoms with Gasteiger partial charge in [0.1, 0.15) is 0 Å². The van der Waals surface area contributed by atoms with Gasteiger partial charge in [-0.1, -0.05) is 32.0 Å². The zero-order valence-corrected chi connectivity index (χ0v) is 18.0. The molecule has 156 valence electrons. The van der Waals surface area contributed by atoms with Crippen LogP contribution in [0.1, 0.15) is 41.3 Å². The molecule has 0 heterocycles. The molecule has 8 heteroatoms. The van der Waals surface area contributed by atoms with Gasteiger partial charge in [0.2, 0.25) is 10.0 Å². The van der Waals surface area contributed by atoms with E-state index in [2.05, 4.69) is 5.32 Å². The van der Waals surface area contributed by atoms with E-state index in [1.165, 1.54) is 38.4 Å². The van der Waals surface area contributed by atoms with Gasteiger partial charge in [-0.05, 0) is 48.2 Å². The number of sulfonamides is 1. The fraction of sp³-hybridized carbons (Fsp3) is 0.333. The molecule has 0 fully saturated rings. The predicted molar refractivity (Wildman–Crippen MR) is 111 cm³/mol. The minimum atomic E-state index is -3.58. The fourth-order valence-corrected chi connectivity index (χ4v) is 3.61. The zero-order valence-electron chi connectivity index (χ0n) is 17.2. The number of amides is 1. The first-order valence-corrected chi connectivity index (χ1v) is 10.6. The van der Waals surface area contributed by atoms with Gasteiger partial charge in [-0.2, -0.15) is 0 Å². The summed E-state index contributed by atoms with van der Waals surface area (Å²) in [5.41, 5.74) is 2.81. The van der Waals surface area contributed by atoms with Crippen LogP contribution in [0.5, 0.6) is 0 Å². The van der Waals surface area contributed by atoms with Gasteiger partial charge in [0.25, 0.3) is 5.91 Å². The third-order valence-electron chi connectivity index (χ3n) is 4.39. The molecule has 0 aromatic heterocycles. The maximum absolute atomic E-state index is 12.3. The summed E-state index contributed by atoms with van der Waals surface area (Å²) in [5.74, 6) is -0.922. The topological polar surface area (TPSA) is 92.8 Å². The average molecular weight is 419 g/mol. The molecule has 0 spiro atoms. The Labute approximate surface area is 171 Å². The molecule has 0 aliphatic rings. The van der Waals surface area contributed by atoms with E-state index in [1.54, 1.807) is 0 Å². The first kappa shape index (κ1) is 22.6. The smallest absolute Gasteiger partial charge is 0.338 e. The highest BCUT2D eigenvalue weighted by atomic mass is 32.2. The van der Waals surface area contributed by atoms with E-state index in [0.29, 0.717) is 0 Å². The molecule has 1 amide bonds. The van der Waals surface area contributed by atoms with Gasteiger partial charge < -0.3 is 10.1 Å². The summed E-state index contributed by atoms with van der Waals surface area (Å²) < 4.78 is 30.3. The second kappa shape index (κ2) is 9.19. The van der Waals surface area contributed by atoms with Gasteiger partial charge >= 0.3 is 5.97 Å². The number of nitrogens with one attached hydrogen (secondary N) is 1. The number of aryl methyl sites for hydroxylation is 1. The Kier molecular flexibility index (Phi) is 7.16. The van der Waals surface area contributed by atoms with Crippen LogP contribution < -0.4 is 5.32 Å². The third-order valence-corrected chi connectivity index (χ3v) is 6.22. The summed E-state index contributed by atoms with van der Waals surface area (Å²) in [6.45, 7) is 5.52. The summed E-state index contributed by atoms with van der Waals surface area (Å²) in [5, 5.41) is 2.81. The van der Waals surface area contributed by atoms with Gasteiger partial charge in [-0.15, -0.1) is 0 Å². The molecule has 0 saturated heterocycles. The van der Waals surface area contributed by atoms with E-state index in [1.807, 2.05) is 39.0 Å². The molecule has 0 saturated carbocycles. The van der Waals surface area contributed by atoms with E-state index in [0.717, 1.165) is 21.1 Å². The molecule has 0 bridgehead atoms. The lowest BCUT2D eigenvalue weighted by atomic mass is 9.98. The van der Waals surface area contributed by atoms with Crippen LogP contribution in [0.15, 0.2) is 47.4 Å². The lowest BCUT2D eigenvalue weighted by Gasteiger charge is -2.16. The molecule has 0 unspecified atom stereocenters. The van der Waals surface area contributed by atoms with Crippen molar-refractivity contribution in [1.29, 1.82) is 0 Å². The standard InChI is InChI=1S/C21H26N2O5S/c1-14(2)18-8-6-7-15(3)20(18)22-19(24)13-28-21(25)16-9-11-17(12-10-16)29(26,27)23(4)5/h6-12,14H,13H2,1-5H3,(H,22,24). The molecule has 0 radical (unpaired) electrons. The lowest BCUT2D eigenvalue weighted by molar-refractivity contribution is -0.119. The van der Waals surface area contributed by atoms with Crippen LogP contribution in [0.3, 0.4) is 0 Å². The molecule has 0 aliphatic carbocycles. The van der Waals surface area contributed by atoms with Crippen molar-refractivity contribution in [1.82, 2.24) is 4.31 Å². The summed E-state index contributed by atoms with van der Waals surface area (Å²) in [4.78, 5) is 24.5. The Morgan fingerprint density at radius 1 is 1.07 bits per heavy atom. The monoisotopic (exact) mass is 418 g/mol. The number of esters is 1. The third kappa shape index (κ3) is 5.42. The van der Waals surface area contributed by atoms with Crippen molar-refractivity contribution in [3.63, 3.8) is 0 Å². The molecule has 2 rings (SSSR count). The SMILES string of the molecule is Cc1cccc(C(C)C)c1NC(=O)COC(=O)c1ccc(S(=O)(=O)N(C)C)cc1. The quantitative estimate of drug-likeness (QED) is 0.697. The van der Waals surface area contributed by atoms with E-state index in [4.69, 9.17) is 4.74 Å². The Balaban J connectivity index is 2.02. The number of carbonyl (C=O) groups excluding carboxylic acids is 2. The number of anilines is 1. The molecule has 2 aromatic rings. The average Bonchev–Trinajstić information content (AvgIpc) is 2.67. The number of ether oxygens (including phenoxy) is 1. The second-order valence-electron chi connectivity index (χ2n) is 7.13. The maximum Gasteiger partial charge on any atom is 0.338 e. The maximum atomic E-state index is 12.3. The van der Waals surface area contributed by atoms with Crippen LogP contribution in [0.4, 0.5) is 5.69 Å². The van der Waals surface area contributed by atoms with Crippen LogP contribution in [0, 0.1) is 6.92 Å². The van der Waals surface area contributed by atoms with Gasteiger partial charge in [0.15, 0.2) is 6.61 Å². The number of nitrogens with zero attached hydrogens (tertiary/aromatic N) is 1. The molecular formula is C21H26N2O5S. The van der Waals surface area contributed by atoms with Crippen molar-refractivity contribution < 1.29 is 22.7 Å². The minimum absolute atomic E-state index is 0.0672. The highest BCUT2D eigenvalue weighted by molar-refractivity contribution is 7.89. The van der Waals surface area contributed by atoms with E-state index >= 15 is 0 Å². The Morgan fingerprint density at radius 3 is 2.24 bits per heavy atom. The van der Waals surface area contributed by atoms with Crippen LogP contribution >= 0.6 is 0 Å². The van der Waals surface area contributed by atoms with Gasteiger partial charge in [-0.3, -0.25) is 4.79 Å². The Morgan fingerprint density at radius 2 is 1.69 bits per heavy atom. The largest absolute Gasteiger partial charge is 0.452 e. The van der Waals surface area contributed by atoms with Crippen LogP contribution in [0.25, 0.3) is 0 Å². The summed E-state index contributed by atoms with van der Waals surface area (Å²) in [6.07, 6.45) is 0. The number of carbonyl (C=O) groups is 2. The van der Waals surface area contributed by atoms with Crippen LogP contribution in [-0.2, 0) is 19.6 Å².